The zero-order valence-corrected chi connectivity index (χ0v) is 10.8. The molecular formula is C15H11F2N3O. The number of H-pyrrole nitrogens is 1. The van der Waals surface area contributed by atoms with Crippen molar-refractivity contribution in [3.63, 3.8) is 0 Å². The maximum absolute atomic E-state index is 13.1. The molecule has 2 aromatic carbocycles. The molecule has 1 amide bonds. The predicted molar refractivity (Wildman–Crippen MR) is 77.0 cm³/mol. The zero-order valence-electron chi connectivity index (χ0n) is 10.8. The molecule has 0 saturated heterocycles. The monoisotopic (exact) mass is 287 g/mol. The smallest absolute Gasteiger partial charge is 0.272 e. The van der Waals surface area contributed by atoms with E-state index in [0.29, 0.717) is 11.2 Å². The Bertz CT molecular complexity index is 842. The fourth-order valence-corrected chi connectivity index (χ4v) is 2.07. The van der Waals surface area contributed by atoms with Gasteiger partial charge >= 0.3 is 0 Å². The molecule has 0 aliphatic carbocycles. The molecule has 0 bridgehead atoms. The van der Waals surface area contributed by atoms with Gasteiger partial charge in [0.2, 0.25) is 0 Å². The number of fused-ring (bicyclic) bond motifs is 1. The number of nitrogens with one attached hydrogen (secondary N) is 2. The van der Waals surface area contributed by atoms with Crippen molar-refractivity contribution >= 4 is 28.2 Å². The summed E-state index contributed by atoms with van der Waals surface area (Å²) in [7, 11) is 0. The van der Waals surface area contributed by atoms with Gasteiger partial charge in [0.15, 0.2) is 11.6 Å². The van der Waals surface area contributed by atoms with Crippen LogP contribution in [0, 0.1) is 11.6 Å². The summed E-state index contributed by atoms with van der Waals surface area (Å²) in [4.78, 5) is 15.0. The summed E-state index contributed by atoms with van der Waals surface area (Å²) in [5.41, 5.74) is 7.45. The van der Waals surface area contributed by atoms with Crippen molar-refractivity contribution in [3.8, 4) is 0 Å². The van der Waals surface area contributed by atoms with Gasteiger partial charge in [0, 0.05) is 17.1 Å². The Balaban J connectivity index is 1.90. The molecule has 3 aromatic rings. The minimum atomic E-state index is -1.02. The molecule has 4 nitrogen and oxygen atoms in total. The van der Waals surface area contributed by atoms with E-state index in [4.69, 9.17) is 5.73 Å². The van der Waals surface area contributed by atoms with Crippen molar-refractivity contribution < 1.29 is 13.6 Å². The second-order valence-electron chi connectivity index (χ2n) is 4.58. The van der Waals surface area contributed by atoms with Crippen LogP contribution in [-0.4, -0.2) is 10.9 Å². The standard InChI is InChI=1S/C15H11F2N3O/c16-10-5-4-9(7-11(10)17)19-15(21)13-6-8-2-1-3-12(18)14(8)20-13/h1-7,20H,18H2,(H,19,21). The van der Waals surface area contributed by atoms with Crippen molar-refractivity contribution in [1.82, 2.24) is 4.98 Å². The van der Waals surface area contributed by atoms with Crippen LogP contribution >= 0.6 is 0 Å². The number of hydrogen-bond donors (Lipinski definition) is 3. The van der Waals surface area contributed by atoms with Crippen molar-refractivity contribution in [2.24, 2.45) is 0 Å². The molecular weight excluding hydrogens is 276 g/mol. The second kappa shape index (κ2) is 4.90. The number of amides is 1. The first-order chi connectivity index (χ1) is 10.0. The first-order valence-electron chi connectivity index (χ1n) is 6.18. The van der Waals surface area contributed by atoms with Gasteiger partial charge in [0.05, 0.1) is 11.2 Å². The van der Waals surface area contributed by atoms with Gasteiger partial charge in [-0.25, -0.2) is 8.78 Å². The Morgan fingerprint density at radius 3 is 2.62 bits per heavy atom. The van der Waals surface area contributed by atoms with E-state index in [2.05, 4.69) is 10.3 Å². The number of para-hydroxylation sites is 1. The molecule has 106 valence electrons. The molecule has 0 aliphatic rings. The van der Waals surface area contributed by atoms with E-state index in [1.165, 1.54) is 6.07 Å². The van der Waals surface area contributed by atoms with Crippen LogP contribution in [0.3, 0.4) is 0 Å². The van der Waals surface area contributed by atoms with Crippen LogP contribution in [0.5, 0.6) is 0 Å². The molecule has 0 radical (unpaired) electrons. The largest absolute Gasteiger partial charge is 0.397 e. The SMILES string of the molecule is Nc1cccc2cc(C(=O)Nc3ccc(F)c(F)c3)[nH]c12. The molecule has 0 fully saturated rings. The van der Waals surface area contributed by atoms with Gasteiger partial charge in [-0.2, -0.15) is 0 Å². The Labute approximate surface area is 118 Å². The number of aromatic nitrogens is 1. The normalized spacial score (nSPS) is 10.8. The molecule has 1 heterocycles. The summed E-state index contributed by atoms with van der Waals surface area (Å²) >= 11 is 0. The summed E-state index contributed by atoms with van der Waals surface area (Å²) in [6, 6.07) is 10.1. The van der Waals surface area contributed by atoms with E-state index in [-0.39, 0.29) is 11.4 Å². The Morgan fingerprint density at radius 1 is 1.10 bits per heavy atom. The number of nitrogens with two attached hydrogens (primary N) is 1. The van der Waals surface area contributed by atoms with E-state index in [1.54, 1.807) is 18.2 Å². The average Bonchev–Trinajstić information content (AvgIpc) is 2.89. The number of hydrogen-bond acceptors (Lipinski definition) is 2. The topological polar surface area (TPSA) is 70.9 Å². The van der Waals surface area contributed by atoms with Crippen LogP contribution in [0.4, 0.5) is 20.2 Å². The van der Waals surface area contributed by atoms with Gasteiger partial charge in [-0.05, 0) is 24.3 Å². The molecule has 4 N–H and O–H groups in total. The van der Waals surface area contributed by atoms with Crippen molar-refractivity contribution in [2.45, 2.75) is 0 Å². The second-order valence-corrected chi connectivity index (χ2v) is 4.58. The van der Waals surface area contributed by atoms with Gasteiger partial charge < -0.3 is 16.0 Å². The fourth-order valence-electron chi connectivity index (χ4n) is 2.07. The third-order valence-electron chi connectivity index (χ3n) is 3.11. The third-order valence-corrected chi connectivity index (χ3v) is 3.11. The van der Waals surface area contributed by atoms with Crippen LogP contribution in [0.15, 0.2) is 42.5 Å². The van der Waals surface area contributed by atoms with Crippen molar-refractivity contribution in [2.75, 3.05) is 11.1 Å². The number of carbonyl (C=O) groups excluding carboxylic acids is 1. The maximum Gasteiger partial charge on any atom is 0.272 e. The van der Waals surface area contributed by atoms with Crippen LogP contribution in [-0.2, 0) is 0 Å². The van der Waals surface area contributed by atoms with E-state index >= 15 is 0 Å². The summed E-state index contributed by atoms with van der Waals surface area (Å²) < 4.78 is 25.9. The maximum atomic E-state index is 13.1. The van der Waals surface area contributed by atoms with Crippen LogP contribution in [0.25, 0.3) is 10.9 Å². The molecule has 1 aromatic heterocycles. The lowest BCUT2D eigenvalue weighted by molar-refractivity contribution is 0.102. The Kier molecular flexibility index (Phi) is 3.06. The summed E-state index contributed by atoms with van der Waals surface area (Å²) in [5.74, 6) is -2.45. The van der Waals surface area contributed by atoms with Crippen LogP contribution in [0.2, 0.25) is 0 Å². The number of benzene rings is 2. The lowest BCUT2D eigenvalue weighted by atomic mass is 10.2. The van der Waals surface area contributed by atoms with Crippen molar-refractivity contribution in [1.29, 1.82) is 0 Å². The molecule has 0 unspecified atom stereocenters. The number of nitrogen functional groups attached to an aromatic ring is 1. The number of anilines is 2. The van der Waals surface area contributed by atoms with Gasteiger partial charge in [0.1, 0.15) is 5.69 Å². The van der Waals surface area contributed by atoms with Gasteiger partial charge in [0.25, 0.3) is 5.91 Å². The van der Waals surface area contributed by atoms with Crippen LogP contribution in [0.1, 0.15) is 10.5 Å². The average molecular weight is 287 g/mol. The summed E-state index contributed by atoms with van der Waals surface area (Å²) in [6.07, 6.45) is 0. The molecule has 21 heavy (non-hydrogen) atoms. The minimum Gasteiger partial charge on any atom is -0.397 e. The number of rotatable bonds is 2. The highest BCUT2D eigenvalue weighted by Crippen LogP contribution is 2.22. The molecule has 0 atom stereocenters. The molecule has 0 spiro atoms. The van der Waals surface area contributed by atoms with Gasteiger partial charge in [-0.15, -0.1) is 0 Å². The number of aromatic amines is 1. The highest BCUT2D eigenvalue weighted by atomic mass is 19.2. The molecule has 0 aliphatic heterocycles. The molecule has 6 heteroatoms. The highest BCUT2D eigenvalue weighted by molar-refractivity contribution is 6.07. The molecule has 3 rings (SSSR count). The lowest BCUT2D eigenvalue weighted by Crippen LogP contribution is -2.12. The quantitative estimate of drug-likeness (QED) is 0.633. The first-order valence-corrected chi connectivity index (χ1v) is 6.18. The van der Waals surface area contributed by atoms with Gasteiger partial charge in [-0.3, -0.25) is 4.79 Å². The van der Waals surface area contributed by atoms with Gasteiger partial charge in [-0.1, -0.05) is 12.1 Å². The van der Waals surface area contributed by atoms with E-state index in [9.17, 15) is 13.6 Å². The minimum absolute atomic E-state index is 0.172. The highest BCUT2D eigenvalue weighted by Gasteiger charge is 2.12. The first kappa shape index (κ1) is 13.1. The van der Waals surface area contributed by atoms with E-state index < -0.39 is 17.5 Å². The number of carbonyl (C=O) groups is 1. The number of halogens is 2. The van der Waals surface area contributed by atoms with E-state index in [0.717, 1.165) is 17.5 Å². The Hall–Kier alpha value is -2.89. The predicted octanol–water partition coefficient (Wildman–Crippen LogP) is 3.28. The van der Waals surface area contributed by atoms with E-state index in [1.807, 2.05) is 6.07 Å². The lowest BCUT2D eigenvalue weighted by Gasteiger charge is -2.04. The Morgan fingerprint density at radius 2 is 1.90 bits per heavy atom. The van der Waals surface area contributed by atoms with Crippen LogP contribution < -0.4 is 11.1 Å². The fraction of sp³-hybridized carbons (Fsp3) is 0. The van der Waals surface area contributed by atoms with Crippen molar-refractivity contribution in [3.05, 3.63) is 59.8 Å². The summed E-state index contributed by atoms with van der Waals surface area (Å²) in [5, 5.41) is 3.29. The third kappa shape index (κ3) is 2.43. The summed E-state index contributed by atoms with van der Waals surface area (Å²) in [6.45, 7) is 0. The zero-order chi connectivity index (χ0) is 15.0. The molecule has 0 saturated carbocycles.